The third-order valence-electron chi connectivity index (χ3n) is 3.75. The monoisotopic (exact) mass is 430 g/mol. The fraction of sp³-hybridized carbons (Fsp3) is 0.278. The SMILES string of the molecule is CCOc1ccc(S(=O)(=O)N(C)CC(=O)Nc2c(Cl)cccc2Cl)cc1C. The summed E-state index contributed by atoms with van der Waals surface area (Å²) in [6, 6.07) is 9.36. The Kier molecular flexibility index (Phi) is 7.11. The summed E-state index contributed by atoms with van der Waals surface area (Å²) < 4.78 is 31.8. The Morgan fingerprint density at radius 1 is 1.19 bits per heavy atom. The highest BCUT2D eigenvalue weighted by atomic mass is 35.5. The summed E-state index contributed by atoms with van der Waals surface area (Å²) in [5.74, 6) is 0.0592. The predicted octanol–water partition coefficient (Wildman–Crippen LogP) is 3.96. The average Bonchev–Trinajstić information content (AvgIpc) is 2.60. The first-order chi connectivity index (χ1) is 12.7. The highest BCUT2D eigenvalue weighted by Gasteiger charge is 2.24. The van der Waals surface area contributed by atoms with E-state index >= 15 is 0 Å². The van der Waals surface area contributed by atoms with Crippen molar-refractivity contribution < 1.29 is 17.9 Å². The van der Waals surface area contributed by atoms with Crippen LogP contribution < -0.4 is 10.1 Å². The lowest BCUT2D eigenvalue weighted by Gasteiger charge is -2.18. The highest BCUT2D eigenvalue weighted by Crippen LogP contribution is 2.30. The van der Waals surface area contributed by atoms with Gasteiger partial charge in [-0.1, -0.05) is 29.3 Å². The van der Waals surface area contributed by atoms with Gasteiger partial charge in [0.05, 0.1) is 33.8 Å². The van der Waals surface area contributed by atoms with Gasteiger partial charge in [0.25, 0.3) is 0 Å². The van der Waals surface area contributed by atoms with Gasteiger partial charge in [-0.2, -0.15) is 4.31 Å². The number of nitrogens with zero attached hydrogens (tertiary/aromatic N) is 1. The van der Waals surface area contributed by atoms with Crippen LogP contribution in [0, 0.1) is 6.92 Å². The number of rotatable bonds is 7. The quantitative estimate of drug-likeness (QED) is 0.720. The zero-order chi connectivity index (χ0) is 20.2. The van der Waals surface area contributed by atoms with Crippen LogP contribution in [-0.4, -0.2) is 38.8 Å². The number of likely N-dealkylation sites (N-methyl/N-ethyl adjacent to an activating group) is 1. The number of benzene rings is 2. The largest absolute Gasteiger partial charge is 0.494 e. The number of halogens is 2. The standard InChI is InChI=1S/C18H20Cl2N2O4S/c1-4-26-16-9-8-13(10-12(16)2)27(24,25)22(3)11-17(23)21-18-14(19)6-5-7-15(18)20/h5-10H,4,11H2,1-3H3,(H,21,23). The second-order valence-electron chi connectivity index (χ2n) is 5.77. The van der Waals surface area contributed by atoms with Gasteiger partial charge in [0.2, 0.25) is 15.9 Å². The summed E-state index contributed by atoms with van der Waals surface area (Å²) in [5, 5.41) is 3.08. The molecule has 1 N–H and O–H groups in total. The van der Waals surface area contributed by atoms with E-state index in [9.17, 15) is 13.2 Å². The fourth-order valence-electron chi connectivity index (χ4n) is 2.36. The second kappa shape index (κ2) is 8.93. The van der Waals surface area contributed by atoms with Gasteiger partial charge in [0.1, 0.15) is 5.75 Å². The molecule has 0 atom stereocenters. The third kappa shape index (κ3) is 5.13. The van der Waals surface area contributed by atoms with Crippen molar-refractivity contribution in [2.24, 2.45) is 0 Å². The zero-order valence-corrected chi connectivity index (χ0v) is 17.5. The molecule has 0 spiro atoms. The summed E-state index contributed by atoms with van der Waals surface area (Å²) in [6.45, 7) is 3.70. The first-order valence-electron chi connectivity index (χ1n) is 8.10. The number of anilines is 1. The molecule has 146 valence electrons. The molecule has 0 saturated carbocycles. The van der Waals surface area contributed by atoms with Crippen molar-refractivity contribution in [2.75, 3.05) is 25.5 Å². The molecule has 0 unspecified atom stereocenters. The van der Waals surface area contributed by atoms with Gasteiger partial charge >= 0.3 is 0 Å². The van der Waals surface area contributed by atoms with E-state index in [4.69, 9.17) is 27.9 Å². The number of hydrogen-bond donors (Lipinski definition) is 1. The van der Waals surface area contributed by atoms with Crippen molar-refractivity contribution in [3.63, 3.8) is 0 Å². The maximum Gasteiger partial charge on any atom is 0.243 e. The number of amides is 1. The summed E-state index contributed by atoms with van der Waals surface area (Å²) in [6.07, 6.45) is 0. The van der Waals surface area contributed by atoms with Crippen molar-refractivity contribution >= 4 is 44.8 Å². The molecule has 2 rings (SSSR count). The Balaban J connectivity index is 2.15. The van der Waals surface area contributed by atoms with Crippen molar-refractivity contribution in [1.29, 1.82) is 0 Å². The molecule has 0 heterocycles. The number of hydrogen-bond acceptors (Lipinski definition) is 4. The molecule has 0 saturated heterocycles. The summed E-state index contributed by atoms with van der Waals surface area (Å²) >= 11 is 12.0. The van der Waals surface area contributed by atoms with Crippen LogP contribution in [-0.2, 0) is 14.8 Å². The van der Waals surface area contributed by atoms with Gasteiger partial charge in [-0.15, -0.1) is 0 Å². The molecule has 27 heavy (non-hydrogen) atoms. The minimum atomic E-state index is -3.85. The van der Waals surface area contributed by atoms with Gasteiger partial charge in [-0.25, -0.2) is 8.42 Å². The molecule has 0 aliphatic rings. The molecule has 0 fully saturated rings. The number of aryl methyl sites for hydroxylation is 1. The summed E-state index contributed by atoms with van der Waals surface area (Å²) in [5.41, 5.74) is 0.937. The van der Waals surface area contributed by atoms with Gasteiger partial charge in [-0.3, -0.25) is 4.79 Å². The second-order valence-corrected chi connectivity index (χ2v) is 8.63. The van der Waals surface area contributed by atoms with E-state index in [0.717, 1.165) is 4.31 Å². The minimum Gasteiger partial charge on any atom is -0.494 e. The van der Waals surface area contributed by atoms with E-state index < -0.39 is 22.5 Å². The topological polar surface area (TPSA) is 75.7 Å². The Morgan fingerprint density at radius 3 is 2.37 bits per heavy atom. The Hall–Kier alpha value is -1.80. The maximum atomic E-state index is 12.7. The molecule has 0 aliphatic heterocycles. The number of nitrogens with one attached hydrogen (secondary N) is 1. The van der Waals surface area contributed by atoms with Crippen molar-refractivity contribution in [3.8, 4) is 5.75 Å². The molecule has 2 aromatic carbocycles. The minimum absolute atomic E-state index is 0.0783. The van der Waals surface area contributed by atoms with Gasteiger partial charge in [-0.05, 0) is 49.7 Å². The predicted molar refractivity (Wildman–Crippen MR) is 107 cm³/mol. The van der Waals surface area contributed by atoms with E-state index in [1.807, 2.05) is 6.92 Å². The van der Waals surface area contributed by atoms with Crippen LogP contribution in [0.4, 0.5) is 5.69 Å². The van der Waals surface area contributed by atoms with Crippen LogP contribution in [0.5, 0.6) is 5.75 Å². The Morgan fingerprint density at radius 2 is 1.81 bits per heavy atom. The van der Waals surface area contributed by atoms with Crippen LogP contribution >= 0.6 is 23.2 Å². The van der Waals surface area contributed by atoms with Crippen molar-refractivity contribution in [3.05, 3.63) is 52.0 Å². The van der Waals surface area contributed by atoms with E-state index in [-0.39, 0.29) is 20.6 Å². The fourth-order valence-corrected chi connectivity index (χ4v) is 4.07. The lowest BCUT2D eigenvalue weighted by Crippen LogP contribution is -2.35. The van der Waals surface area contributed by atoms with E-state index in [2.05, 4.69) is 5.32 Å². The number of carbonyl (C=O) groups excluding carboxylic acids is 1. The molecule has 0 aliphatic carbocycles. The molecule has 0 aromatic heterocycles. The van der Waals surface area contributed by atoms with Crippen LogP contribution in [0.3, 0.4) is 0 Å². The highest BCUT2D eigenvalue weighted by molar-refractivity contribution is 7.89. The van der Waals surface area contributed by atoms with Crippen molar-refractivity contribution in [1.82, 2.24) is 4.31 Å². The molecular formula is C18H20Cl2N2O4S. The van der Waals surface area contributed by atoms with Crippen LogP contribution in [0.1, 0.15) is 12.5 Å². The van der Waals surface area contributed by atoms with Gasteiger partial charge in [0, 0.05) is 7.05 Å². The molecule has 2 aromatic rings. The third-order valence-corrected chi connectivity index (χ3v) is 6.18. The molecule has 0 bridgehead atoms. The van der Waals surface area contributed by atoms with Crippen molar-refractivity contribution in [2.45, 2.75) is 18.7 Å². The van der Waals surface area contributed by atoms with E-state index in [1.54, 1.807) is 31.2 Å². The lowest BCUT2D eigenvalue weighted by atomic mass is 10.2. The Labute approximate surface area is 169 Å². The Bertz CT molecular complexity index is 928. The maximum absolute atomic E-state index is 12.7. The summed E-state index contributed by atoms with van der Waals surface area (Å²) in [7, 11) is -2.52. The number of carbonyl (C=O) groups is 1. The van der Waals surface area contributed by atoms with Gasteiger partial charge in [0.15, 0.2) is 0 Å². The first-order valence-corrected chi connectivity index (χ1v) is 10.3. The number of ether oxygens (including phenoxy) is 1. The average molecular weight is 431 g/mol. The number of sulfonamides is 1. The van der Waals surface area contributed by atoms with E-state index in [0.29, 0.717) is 17.9 Å². The molecular weight excluding hydrogens is 411 g/mol. The normalized spacial score (nSPS) is 11.5. The summed E-state index contributed by atoms with van der Waals surface area (Å²) in [4.78, 5) is 12.3. The number of para-hydroxylation sites is 1. The van der Waals surface area contributed by atoms with Crippen LogP contribution in [0.15, 0.2) is 41.3 Å². The zero-order valence-electron chi connectivity index (χ0n) is 15.1. The van der Waals surface area contributed by atoms with Gasteiger partial charge < -0.3 is 10.1 Å². The first kappa shape index (κ1) is 21.5. The van der Waals surface area contributed by atoms with E-state index in [1.165, 1.54) is 19.2 Å². The molecule has 1 amide bonds. The smallest absolute Gasteiger partial charge is 0.243 e. The molecule has 9 heteroatoms. The molecule has 0 radical (unpaired) electrons. The van der Waals surface area contributed by atoms with Crippen LogP contribution in [0.2, 0.25) is 10.0 Å². The van der Waals surface area contributed by atoms with Crippen LogP contribution in [0.25, 0.3) is 0 Å². The lowest BCUT2D eigenvalue weighted by molar-refractivity contribution is -0.116. The molecule has 6 nitrogen and oxygen atoms in total.